The number of aromatic nitrogens is 4. The standard InChI is InChI=1S/C19H23N5O3S/c1-11-8-12(2)24-18(20-11)22-23-19(24)28-10-17(25)21-13(3)15-9-14(26-4)6-7-16(15)27-5/h6-9,13H,10H2,1-5H3,(H,21,25)/t13-/m0/s1. The zero-order valence-electron chi connectivity index (χ0n) is 16.5. The summed E-state index contributed by atoms with van der Waals surface area (Å²) in [6.45, 7) is 5.78. The lowest BCUT2D eigenvalue weighted by atomic mass is 10.1. The Kier molecular flexibility index (Phi) is 6.03. The van der Waals surface area contributed by atoms with Gasteiger partial charge in [-0.25, -0.2) is 4.98 Å². The maximum absolute atomic E-state index is 12.5. The normalized spacial score (nSPS) is 12.0. The monoisotopic (exact) mass is 401 g/mol. The van der Waals surface area contributed by atoms with Gasteiger partial charge in [-0.3, -0.25) is 9.20 Å². The quantitative estimate of drug-likeness (QED) is 0.609. The van der Waals surface area contributed by atoms with Crippen LogP contribution in [0.3, 0.4) is 0 Å². The predicted molar refractivity (Wildman–Crippen MR) is 107 cm³/mol. The highest BCUT2D eigenvalue weighted by molar-refractivity contribution is 7.99. The summed E-state index contributed by atoms with van der Waals surface area (Å²) in [4.78, 5) is 16.8. The number of nitrogens with one attached hydrogen (secondary N) is 1. The van der Waals surface area contributed by atoms with Gasteiger partial charge < -0.3 is 14.8 Å². The smallest absolute Gasteiger partial charge is 0.256 e. The van der Waals surface area contributed by atoms with Crippen molar-refractivity contribution in [1.29, 1.82) is 0 Å². The van der Waals surface area contributed by atoms with E-state index in [1.54, 1.807) is 14.2 Å². The first-order chi connectivity index (χ1) is 13.4. The minimum absolute atomic E-state index is 0.114. The number of benzene rings is 1. The number of rotatable bonds is 7. The molecule has 0 unspecified atom stereocenters. The molecule has 0 fully saturated rings. The lowest BCUT2D eigenvalue weighted by Gasteiger charge is -2.18. The van der Waals surface area contributed by atoms with Gasteiger partial charge in [0.25, 0.3) is 5.78 Å². The maximum Gasteiger partial charge on any atom is 0.256 e. The van der Waals surface area contributed by atoms with Crippen LogP contribution in [0.2, 0.25) is 0 Å². The molecule has 9 heteroatoms. The van der Waals surface area contributed by atoms with E-state index >= 15 is 0 Å². The zero-order valence-corrected chi connectivity index (χ0v) is 17.3. The molecule has 1 amide bonds. The molecule has 1 aromatic carbocycles. The van der Waals surface area contributed by atoms with Gasteiger partial charge in [0, 0.05) is 17.0 Å². The Morgan fingerprint density at radius 1 is 1.21 bits per heavy atom. The van der Waals surface area contributed by atoms with Gasteiger partial charge in [-0.1, -0.05) is 11.8 Å². The van der Waals surface area contributed by atoms with Crippen LogP contribution in [0.1, 0.15) is 29.9 Å². The van der Waals surface area contributed by atoms with E-state index in [-0.39, 0.29) is 17.7 Å². The molecule has 0 radical (unpaired) electrons. The number of fused-ring (bicyclic) bond motifs is 1. The molecule has 1 N–H and O–H groups in total. The summed E-state index contributed by atoms with van der Waals surface area (Å²) in [7, 11) is 3.21. The van der Waals surface area contributed by atoms with Gasteiger partial charge in [0.2, 0.25) is 5.91 Å². The molecule has 0 aliphatic heterocycles. The Labute approximate surface area is 167 Å². The lowest BCUT2D eigenvalue weighted by Crippen LogP contribution is -2.28. The Hall–Kier alpha value is -2.81. The van der Waals surface area contributed by atoms with Gasteiger partial charge >= 0.3 is 0 Å². The van der Waals surface area contributed by atoms with Gasteiger partial charge in [0.1, 0.15) is 11.5 Å². The molecular formula is C19H23N5O3S. The molecule has 0 spiro atoms. The number of aryl methyl sites for hydroxylation is 2. The van der Waals surface area contributed by atoms with Crippen LogP contribution in [0.25, 0.3) is 5.78 Å². The number of carbonyl (C=O) groups is 1. The maximum atomic E-state index is 12.5. The van der Waals surface area contributed by atoms with Crippen molar-refractivity contribution < 1.29 is 14.3 Å². The molecule has 148 valence electrons. The minimum Gasteiger partial charge on any atom is -0.497 e. The van der Waals surface area contributed by atoms with E-state index in [9.17, 15) is 4.79 Å². The van der Waals surface area contributed by atoms with Gasteiger partial charge in [0.15, 0.2) is 5.16 Å². The molecule has 8 nitrogen and oxygen atoms in total. The van der Waals surface area contributed by atoms with Crippen molar-refractivity contribution in [1.82, 2.24) is 24.9 Å². The number of ether oxygens (including phenoxy) is 2. The number of amides is 1. The van der Waals surface area contributed by atoms with Gasteiger partial charge in [-0.05, 0) is 45.0 Å². The van der Waals surface area contributed by atoms with Crippen LogP contribution >= 0.6 is 11.8 Å². The van der Waals surface area contributed by atoms with E-state index in [4.69, 9.17) is 9.47 Å². The largest absolute Gasteiger partial charge is 0.497 e. The number of hydrogen-bond acceptors (Lipinski definition) is 7. The highest BCUT2D eigenvalue weighted by atomic mass is 32.2. The molecule has 0 saturated heterocycles. The van der Waals surface area contributed by atoms with E-state index in [2.05, 4.69) is 20.5 Å². The molecule has 3 aromatic rings. The summed E-state index contributed by atoms with van der Waals surface area (Å²) < 4.78 is 12.5. The van der Waals surface area contributed by atoms with Gasteiger partial charge in [0.05, 0.1) is 26.0 Å². The molecule has 0 aliphatic carbocycles. The van der Waals surface area contributed by atoms with Gasteiger partial charge in [-0.15, -0.1) is 10.2 Å². The van der Waals surface area contributed by atoms with Crippen molar-refractivity contribution in [2.45, 2.75) is 32.0 Å². The number of carbonyl (C=O) groups excluding carboxylic acids is 1. The fourth-order valence-electron chi connectivity index (χ4n) is 2.96. The lowest BCUT2D eigenvalue weighted by molar-refractivity contribution is -0.119. The minimum atomic E-state index is -0.237. The molecule has 0 bridgehead atoms. The number of hydrogen-bond donors (Lipinski definition) is 1. The fourth-order valence-corrected chi connectivity index (χ4v) is 3.76. The summed E-state index contributed by atoms with van der Waals surface area (Å²) in [6.07, 6.45) is 0. The third kappa shape index (κ3) is 4.19. The molecular weight excluding hydrogens is 378 g/mol. The van der Waals surface area contributed by atoms with Crippen molar-refractivity contribution in [2.75, 3.05) is 20.0 Å². The second-order valence-corrected chi connectivity index (χ2v) is 7.29. The molecule has 28 heavy (non-hydrogen) atoms. The summed E-state index contributed by atoms with van der Waals surface area (Å²) in [5.41, 5.74) is 2.71. The second kappa shape index (κ2) is 8.47. The fraction of sp³-hybridized carbons (Fsp3) is 0.368. The zero-order chi connectivity index (χ0) is 20.3. The molecule has 0 aliphatic rings. The van der Waals surface area contributed by atoms with Crippen LogP contribution in [0.4, 0.5) is 0 Å². The molecule has 1 atom stereocenters. The van der Waals surface area contributed by atoms with Crippen molar-refractivity contribution in [3.8, 4) is 11.5 Å². The van der Waals surface area contributed by atoms with Crippen LogP contribution in [-0.4, -0.2) is 45.5 Å². The molecule has 2 aromatic heterocycles. The Morgan fingerprint density at radius 2 is 2.00 bits per heavy atom. The van der Waals surface area contributed by atoms with Crippen molar-refractivity contribution in [3.05, 3.63) is 41.2 Å². The number of methoxy groups -OCH3 is 2. The van der Waals surface area contributed by atoms with E-state index in [1.807, 2.05) is 49.4 Å². The van der Waals surface area contributed by atoms with E-state index < -0.39 is 0 Å². The van der Waals surface area contributed by atoms with Crippen molar-refractivity contribution in [2.24, 2.45) is 0 Å². The summed E-state index contributed by atoms with van der Waals surface area (Å²) in [5.74, 6) is 2.04. The average molecular weight is 401 g/mol. The topological polar surface area (TPSA) is 90.6 Å². The second-order valence-electron chi connectivity index (χ2n) is 6.34. The first-order valence-electron chi connectivity index (χ1n) is 8.76. The predicted octanol–water partition coefficient (Wildman–Crippen LogP) is 2.73. The number of nitrogens with zero attached hydrogens (tertiary/aromatic N) is 4. The third-order valence-corrected chi connectivity index (χ3v) is 5.21. The van der Waals surface area contributed by atoms with Crippen LogP contribution in [-0.2, 0) is 4.79 Å². The number of thioether (sulfide) groups is 1. The van der Waals surface area contributed by atoms with Crippen LogP contribution < -0.4 is 14.8 Å². The highest BCUT2D eigenvalue weighted by Gasteiger charge is 2.17. The first-order valence-corrected chi connectivity index (χ1v) is 9.75. The average Bonchev–Trinajstić information content (AvgIpc) is 3.08. The Morgan fingerprint density at radius 3 is 2.71 bits per heavy atom. The van der Waals surface area contributed by atoms with Crippen molar-refractivity contribution in [3.63, 3.8) is 0 Å². The molecule has 0 saturated carbocycles. The van der Waals surface area contributed by atoms with E-state index in [0.29, 0.717) is 22.4 Å². The third-order valence-electron chi connectivity index (χ3n) is 4.28. The highest BCUT2D eigenvalue weighted by Crippen LogP contribution is 2.29. The Bertz CT molecular complexity index is 1000. The summed E-state index contributed by atoms with van der Waals surface area (Å²) in [6, 6.07) is 7.23. The van der Waals surface area contributed by atoms with E-state index in [0.717, 1.165) is 17.0 Å². The van der Waals surface area contributed by atoms with Crippen molar-refractivity contribution >= 4 is 23.4 Å². The summed E-state index contributed by atoms with van der Waals surface area (Å²) >= 11 is 1.32. The van der Waals surface area contributed by atoms with Gasteiger partial charge in [-0.2, -0.15) is 0 Å². The molecule has 2 heterocycles. The summed E-state index contributed by atoms with van der Waals surface area (Å²) in [5, 5.41) is 11.9. The van der Waals surface area contributed by atoms with Crippen LogP contribution in [0.5, 0.6) is 11.5 Å². The Balaban J connectivity index is 1.68. The molecule has 3 rings (SSSR count). The van der Waals surface area contributed by atoms with E-state index in [1.165, 1.54) is 11.8 Å². The first kappa shape index (κ1) is 19.9. The SMILES string of the molecule is COc1ccc(OC)c([C@H](C)NC(=O)CSc2nnc3nc(C)cc(C)n23)c1. The van der Waals surface area contributed by atoms with Crippen LogP contribution in [0.15, 0.2) is 29.4 Å². The van der Waals surface area contributed by atoms with Crippen LogP contribution in [0, 0.1) is 13.8 Å².